The lowest BCUT2D eigenvalue weighted by molar-refractivity contribution is -0.138. The number of hydrogen-bond donors (Lipinski definition) is 2. The maximum atomic E-state index is 10.6. The molecular formula is C11H16ClNO2. The first-order valence-corrected chi connectivity index (χ1v) is 4.56. The summed E-state index contributed by atoms with van der Waals surface area (Å²) in [4.78, 5) is 10.6. The van der Waals surface area contributed by atoms with E-state index in [1.807, 2.05) is 32.0 Å². The molecule has 15 heavy (non-hydrogen) atoms. The molecule has 0 spiro atoms. The summed E-state index contributed by atoms with van der Waals surface area (Å²) in [6, 6.07) is 5.09. The summed E-state index contributed by atoms with van der Waals surface area (Å²) < 4.78 is 0. The van der Waals surface area contributed by atoms with Crippen LogP contribution in [0.15, 0.2) is 18.2 Å². The third kappa shape index (κ3) is 3.53. The van der Waals surface area contributed by atoms with Crippen LogP contribution >= 0.6 is 12.4 Å². The van der Waals surface area contributed by atoms with E-state index in [0.717, 1.165) is 16.7 Å². The highest BCUT2D eigenvalue weighted by atomic mass is 35.5. The predicted molar refractivity (Wildman–Crippen MR) is 62.5 cm³/mol. The van der Waals surface area contributed by atoms with Crippen molar-refractivity contribution in [2.24, 2.45) is 5.73 Å². The van der Waals surface area contributed by atoms with Crippen LogP contribution in [0.25, 0.3) is 0 Å². The van der Waals surface area contributed by atoms with Gasteiger partial charge in [0.25, 0.3) is 0 Å². The lowest BCUT2D eigenvalue weighted by atomic mass is 9.97. The van der Waals surface area contributed by atoms with Crippen molar-refractivity contribution in [3.63, 3.8) is 0 Å². The summed E-state index contributed by atoms with van der Waals surface area (Å²) in [6.45, 7) is 3.94. The van der Waals surface area contributed by atoms with E-state index in [2.05, 4.69) is 0 Å². The molecular weight excluding hydrogens is 214 g/mol. The third-order valence-corrected chi connectivity index (χ3v) is 2.39. The molecule has 0 aliphatic carbocycles. The molecule has 0 aliphatic heterocycles. The Kier molecular flexibility index (Phi) is 5.33. The number of halogens is 1. The maximum absolute atomic E-state index is 10.6. The number of rotatable bonds is 3. The zero-order valence-corrected chi connectivity index (χ0v) is 9.67. The van der Waals surface area contributed by atoms with Gasteiger partial charge in [-0.2, -0.15) is 0 Å². The molecule has 3 nitrogen and oxygen atoms in total. The predicted octanol–water partition coefficient (Wildman–Crippen LogP) is 1.68. The number of carboxylic acid groups (broad SMARTS) is 1. The first-order chi connectivity index (χ1) is 6.52. The van der Waals surface area contributed by atoms with Crippen molar-refractivity contribution < 1.29 is 9.90 Å². The Bertz CT molecular complexity index is 332. The van der Waals surface area contributed by atoms with Crippen molar-refractivity contribution in [3.8, 4) is 0 Å². The normalized spacial score (nSPS) is 11.7. The summed E-state index contributed by atoms with van der Waals surface area (Å²) in [5.41, 5.74) is 8.73. The molecule has 0 fully saturated rings. The largest absolute Gasteiger partial charge is 0.480 e. The Morgan fingerprint density at radius 1 is 1.40 bits per heavy atom. The van der Waals surface area contributed by atoms with Gasteiger partial charge in [-0.05, 0) is 37.0 Å². The van der Waals surface area contributed by atoms with E-state index in [4.69, 9.17) is 10.8 Å². The van der Waals surface area contributed by atoms with E-state index in [0.29, 0.717) is 6.42 Å². The van der Waals surface area contributed by atoms with E-state index in [9.17, 15) is 4.79 Å². The molecule has 0 aliphatic rings. The summed E-state index contributed by atoms with van der Waals surface area (Å²) in [5, 5.41) is 8.70. The van der Waals surface area contributed by atoms with Gasteiger partial charge >= 0.3 is 5.97 Å². The number of aliphatic carboxylic acids is 1. The van der Waals surface area contributed by atoms with Crippen LogP contribution in [0.2, 0.25) is 0 Å². The fourth-order valence-electron chi connectivity index (χ4n) is 1.48. The topological polar surface area (TPSA) is 63.3 Å². The molecule has 0 amide bonds. The van der Waals surface area contributed by atoms with Gasteiger partial charge in [0, 0.05) is 0 Å². The van der Waals surface area contributed by atoms with Gasteiger partial charge in [0.2, 0.25) is 0 Å². The molecule has 1 aromatic rings. The molecule has 1 unspecified atom stereocenters. The number of hydrogen-bond acceptors (Lipinski definition) is 2. The molecule has 0 bridgehead atoms. The number of carbonyl (C=O) groups is 1. The van der Waals surface area contributed by atoms with Gasteiger partial charge in [-0.1, -0.05) is 18.2 Å². The van der Waals surface area contributed by atoms with Gasteiger partial charge < -0.3 is 10.8 Å². The molecule has 0 saturated carbocycles. The molecule has 1 atom stereocenters. The Balaban J connectivity index is 0.00000196. The highest BCUT2D eigenvalue weighted by molar-refractivity contribution is 5.85. The summed E-state index contributed by atoms with van der Waals surface area (Å²) in [7, 11) is 0. The lowest BCUT2D eigenvalue weighted by Crippen LogP contribution is -2.32. The molecule has 1 rings (SSSR count). The Morgan fingerprint density at radius 2 is 1.87 bits per heavy atom. The minimum absolute atomic E-state index is 0. The van der Waals surface area contributed by atoms with Crippen molar-refractivity contribution in [1.82, 2.24) is 0 Å². The van der Waals surface area contributed by atoms with Crippen molar-refractivity contribution in [1.29, 1.82) is 0 Å². The molecule has 0 saturated heterocycles. The number of nitrogens with two attached hydrogens (primary N) is 1. The average molecular weight is 230 g/mol. The molecule has 0 aromatic heterocycles. The molecule has 84 valence electrons. The van der Waals surface area contributed by atoms with E-state index >= 15 is 0 Å². The van der Waals surface area contributed by atoms with Crippen molar-refractivity contribution in [2.75, 3.05) is 0 Å². The van der Waals surface area contributed by atoms with Crippen LogP contribution in [-0.4, -0.2) is 17.1 Å². The second kappa shape index (κ2) is 5.73. The minimum atomic E-state index is -0.951. The second-order valence-corrected chi connectivity index (χ2v) is 3.52. The fraction of sp³-hybridized carbons (Fsp3) is 0.364. The summed E-state index contributed by atoms with van der Waals surface area (Å²) >= 11 is 0. The Hall–Kier alpha value is -1.06. The summed E-state index contributed by atoms with van der Waals surface area (Å²) in [5.74, 6) is -0.951. The monoisotopic (exact) mass is 229 g/mol. The van der Waals surface area contributed by atoms with Gasteiger partial charge in [-0.3, -0.25) is 4.79 Å². The van der Waals surface area contributed by atoms with Crippen molar-refractivity contribution in [3.05, 3.63) is 34.9 Å². The van der Waals surface area contributed by atoms with Crippen molar-refractivity contribution >= 4 is 18.4 Å². The Morgan fingerprint density at radius 3 is 2.27 bits per heavy atom. The van der Waals surface area contributed by atoms with Gasteiger partial charge in [0.1, 0.15) is 6.04 Å². The molecule has 1 aromatic carbocycles. The first-order valence-electron chi connectivity index (χ1n) is 4.56. The van der Waals surface area contributed by atoms with Crippen LogP contribution in [0, 0.1) is 13.8 Å². The van der Waals surface area contributed by atoms with Crippen LogP contribution in [0.4, 0.5) is 0 Å². The van der Waals surface area contributed by atoms with Gasteiger partial charge in [-0.25, -0.2) is 0 Å². The quantitative estimate of drug-likeness (QED) is 0.829. The van der Waals surface area contributed by atoms with Gasteiger partial charge in [0.05, 0.1) is 0 Å². The van der Waals surface area contributed by atoms with E-state index in [1.54, 1.807) is 0 Å². The van der Waals surface area contributed by atoms with Crippen LogP contribution in [0.1, 0.15) is 16.7 Å². The highest BCUT2D eigenvalue weighted by Gasteiger charge is 2.14. The number of aryl methyl sites for hydroxylation is 2. The van der Waals surface area contributed by atoms with Gasteiger partial charge in [-0.15, -0.1) is 12.4 Å². The highest BCUT2D eigenvalue weighted by Crippen LogP contribution is 2.14. The zero-order chi connectivity index (χ0) is 10.7. The van der Waals surface area contributed by atoms with Crippen LogP contribution in [0.3, 0.4) is 0 Å². The van der Waals surface area contributed by atoms with Crippen LogP contribution in [-0.2, 0) is 11.2 Å². The number of carboxylic acids is 1. The van der Waals surface area contributed by atoms with E-state index < -0.39 is 12.0 Å². The fourth-order valence-corrected chi connectivity index (χ4v) is 1.48. The first kappa shape index (κ1) is 13.9. The van der Waals surface area contributed by atoms with Crippen molar-refractivity contribution in [2.45, 2.75) is 26.3 Å². The Labute approximate surface area is 95.7 Å². The SMILES string of the molecule is Cc1cccc(C)c1CC(N)C(=O)O.Cl. The third-order valence-electron chi connectivity index (χ3n) is 2.39. The van der Waals surface area contributed by atoms with Crippen LogP contribution < -0.4 is 5.73 Å². The number of benzene rings is 1. The lowest BCUT2D eigenvalue weighted by Gasteiger charge is -2.11. The smallest absolute Gasteiger partial charge is 0.320 e. The van der Waals surface area contributed by atoms with E-state index in [1.165, 1.54) is 0 Å². The standard InChI is InChI=1S/C11H15NO2.ClH/c1-7-4-3-5-8(2)9(7)6-10(12)11(13)14;/h3-5,10H,6,12H2,1-2H3,(H,13,14);1H. The zero-order valence-electron chi connectivity index (χ0n) is 8.86. The second-order valence-electron chi connectivity index (χ2n) is 3.52. The van der Waals surface area contributed by atoms with Crippen LogP contribution in [0.5, 0.6) is 0 Å². The average Bonchev–Trinajstić information content (AvgIpc) is 2.11. The molecule has 0 heterocycles. The minimum Gasteiger partial charge on any atom is -0.480 e. The van der Waals surface area contributed by atoms with E-state index in [-0.39, 0.29) is 12.4 Å². The maximum Gasteiger partial charge on any atom is 0.320 e. The summed E-state index contributed by atoms with van der Waals surface area (Å²) in [6.07, 6.45) is 0.397. The molecule has 3 N–H and O–H groups in total. The van der Waals surface area contributed by atoms with Gasteiger partial charge in [0.15, 0.2) is 0 Å². The molecule has 4 heteroatoms. The molecule has 0 radical (unpaired) electrons.